The summed E-state index contributed by atoms with van der Waals surface area (Å²) in [6.45, 7) is 4.91. The third-order valence-electron chi connectivity index (χ3n) is 11.8. The standard InChI is InChI=1S/C50H43N5/c1-33-21-36-22-34(2)28-50(27-33,29-36)46-19-17-37(18-20-46)41-23-42(45-26-44(31-52-32-45)38-15-13-35(30-51)14-16-38)25-43(24-41)49-54-47(39-9-5-3-6-10-39)53-48(55-49)40-11-7-4-8-12-40/h3-20,23-26,31-34,36H,21-22,27-29H2,1-2H3/t33-,34?,36?,50?/m0/s1. The van der Waals surface area contributed by atoms with Crippen LogP contribution in [0.4, 0.5) is 0 Å². The van der Waals surface area contributed by atoms with Crippen molar-refractivity contribution in [2.45, 2.75) is 51.4 Å². The van der Waals surface area contributed by atoms with Crippen LogP contribution in [-0.2, 0) is 5.41 Å². The lowest BCUT2D eigenvalue weighted by Gasteiger charge is -2.50. The maximum Gasteiger partial charge on any atom is 0.164 e. The minimum Gasteiger partial charge on any atom is -0.263 e. The highest BCUT2D eigenvalue weighted by Gasteiger charge is 2.45. The predicted octanol–water partition coefficient (Wildman–Crippen LogP) is 12.2. The van der Waals surface area contributed by atoms with Crippen LogP contribution in [0, 0.1) is 29.1 Å². The largest absolute Gasteiger partial charge is 0.263 e. The van der Waals surface area contributed by atoms with Gasteiger partial charge in [-0.15, -0.1) is 0 Å². The van der Waals surface area contributed by atoms with E-state index in [0.717, 1.165) is 67.8 Å². The zero-order valence-corrected chi connectivity index (χ0v) is 31.4. The van der Waals surface area contributed by atoms with Crippen LogP contribution < -0.4 is 0 Å². The van der Waals surface area contributed by atoms with Crippen LogP contribution in [0.1, 0.15) is 57.1 Å². The van der Waals surface area contributed by atoms with Gasteiger partial charge in [-0.05, 0) is 119 Å². The third-order valence-corrected chi connectivity index (χ3v) is 11.8. The second kappa shape index (κ2) is 14.5. The summed E-state index contributed by atoms with van der Waals surface area (Å²) in [7, 11) is 0. The predicted molar refractivity (Wildman–Crippen MR) is 222 cm³/mol. The Morgan fingerprint density at radius 1 is 0.491 bits per heavy atom. The van der Waals surface area contributed by atoms with E-state index >= 15 is 0 Å². The molecule has 2 saturated carbocycles. The summed E-state index contributed by atoms with van der Waals surface area (Å²) in [5.41, 5.74) is 11.4. The first kappa shape index (κ1) is 34.5. The average molecular weight is 714 g/mol. The fourth-order valence-corrected chi connectivity index (χ4v) is 9.59. The minimum absolute atomic E-state index is 0.273. The van der Waals surface area contributed by atoms with Crippen molar-refractivity contribution in [2.75, 3.05) is 0 Å². The molecule has 3 unspecified atom stereocenters. The van der Waals surface area contributed by atoms with E-state index < -0.39 is 0 Å². The van der Waals surface area contributed by atoms with Crippen molar-refractivity contribution in [3.05, 3.63) is 157 Å². The van der Waals surface area contributed by atoms with E-state index in [4.69, 9.17) is 19.9 Å². The Morgan fingerprint density at radius 3 is 1.51 bits per heavy atom. The highest BCUT2D eigenvalue weighted by atomic mass is 15.0. The lowest BCUT2D eigenvalue weighted by molar-refractivity contribution is 0.0780. The van der Waals surface area contributed by atoms with Gasteiger partial charge in [0.15, 0.2) is 17.5 Å². The molecule has 0 spiro atoms. The molecule has 2 bridgehead atoms. The molecule has 4 atom stereocenters. The Labute approximate surface area is 323 Å². The van der Waals surface area contributed by atoms with Crippen LogP contribution in [0.5, 0.6) is 0 Å². The molecule has 7 aromatic rings. The first-order valence-electron chi connectivity index (χ1n) is 19.5. The van der Waals surface area contributed by atoms with Gasteiger partial charge < -0.3 is 0 Å². The van der Waals surface area contributed by atoms with Crippen LogP contribution >= 0.6 is 0 Å². The number of pyridine rings is 1. The Bertz CT molecular complexity index is 2430. The molecule has 2 fully saturated rings. The lowest BCUT2D eigenvalue weighted by Crippen LogP contribution is -2.42. The van der Waals surface area contributed by atoms with Crippen molar-refractivity contribution in [1.82, 2.24) is 19.9 Å². The normalized spacial score (nSPS) is 20.4. The summed E-state index contributed by atoms with van der Waals surface area (Å²) in [6, 6.07) is 48.4. The maximum absolute atomic E-state index is 9.36. The van der Waals surface area contributed by atoms with Crippen LogP contribution in [0.15, 0.2) is 146 Å². The topological polar surface area (TPSA) is 75.3 Å². The Morgan fingerprint density at radius 2 is 0.945 bits per heavy atom. The first-order valence-corrected chi connectivity index (χ1v) is 19.5. The smallest absolute Gasteiger partial charge is 0.164 e. The van der Waals surface area contributed by atoms with Gasteiger partial charge in [0, 0.05) is 40.2 Å². The first-order chi connectivity index (χ1) is 26.9. The molecule has 55 heavy (non-hydrogen) atoms. The number of aromatic nitrogens is 4. The second-order valence-electron chi connectivity index (χ2n) is 16.0. The minimum atomic E-state index is 0.273. The summed E-state index contributed by atoms with van der Waals surface area (Å²) in [6.07, 6.45) is 10.4. The van der Waals surface area contributed by atoms with Crippen molar-refractivity contribution in [1.29, 1.82) is 5.26 Å². The summed E-state index contributed by atoms with van der Waals surface area (Å²) >= 11 is 0. The SMILES string of the molecule is CC1CC2C[C@H](C)CC(c3ccc(-c4cc(-c5cncc(-c6ccc(C#N)cc6)c5)cc(-c5nc(-c6ccccc6)nc(-c6ccccc6)n5)c4)cc3)(C1)C2. The van der Waals surface area contributed by atoms with Crippen molar-refractivity contribution >= 4 is 0 Å². The molecule has 0 saturated heterocycles. The number of nitrogens with zero attached hydrogens (tertiary/aromatic N) is 5. The second-order valence-corrected chi connectivity index (χ2v) is 16.0. The molecule has 9 rings (SSSR count). The number of benzene rings is 5. The molecular weight excluding hydrogens is 671 g/mol. The molecule has 5 nitrogen and oxygen atoms in total. The quantitative estimate of drug-likeness (QED) is 0.164. The van der Waals surface area contributed by atoms with Crippen molar-refractivity contribution in [2.24, 2.45) is 17.8 Å². The fraction of sp³-hybridized carbons (Fsp3) is 0.220. The van der Waals surface area contributed by atoms with Crippen molar-refractivity contribution in [3.8, 4) is 73.6 Å². The van der Waals surface area contributed by atoms with Crippen molar-refractivity contribution in [3.63, 3.8) is 0 Å². The van der Waals surface area contributed by atoms with Gasteiger partial charge in [-0.2, -0.15) is 5.26 Å². The molecule has 5 heteroatoms. The van der Waals surface area contributed by atoms with Crippen LogP contribution in [-0.4, -0.2) is 19.9 Å². The van der Waals surface area contributed by atoms with Gasteiger partial charge in [0.2, 0.25) is 0 Å². The molecule has 2 heterocycles. The molecule has 0 N–H and O–H groups in total. The van der Waals surface area contributed by atoms with E-state index in [0.29, 0.717) is 23.0 Å². The number of fused-ring (bicyclic) bond motifs is 2. The number of hydrogen-bond donors (Lipinski definition) is 0. The molecule has 0 radical (unpaired) electrons. The highest BCUT2D eigenvalue weighted by molar-refractivity contribution is 5.82. The van der Waals surface area contributed by atoms with E-state index in [1.165, 1.54) is 37.7 Å². The fourth-order valence-electron chi connectivity index (χ4n) is 9.59. The monoisotopic (exact) mass is 713 g/mol. The maximum atomic E-state index is 9.36. The molecule has 2 aliphatic rings. The lowest BCUT2D eigenvalue weighted by atomic mass is 9.54. The van der Waals surface area contributed by atoms with Gasteiger partial charge in [0.05, 0.1) is 11.6 Å². The van der Waals surface area contributed by atoms with E-state index in [-0.39, 0.29) is 5.41 Å². The van der Waals surface area contributed by atoms with E-state index in [9.17, 15) is 5.26 Å². The molecule has 0 amide bonds. The highest BCUT2D eigenvalue weighted by Crippen LogP contribution is 2.54. The molecule has 2 aliphatic carbocycles. The van der Waals surface area contributed by atoms with E-state index in [1.807, 2.05) is 97.3 Å². The summed E-state index contributed by atoms with van der Waals surface area (Å²) in [5, 5.41) is 9.36. The Balaban J connectivity index is 1.18. The molecule has 268 valence electrons. The van der Waals surface area contributed by atoms with Crippen LogP contribution in [0.2, 0.25) is 0 Å². The zero-order chi connectivity index (χ0) is 37.4. The van der Waals surface area contributed by atoms with Crippen molar-refractivity contribution < 1.29 is 0 Å². The van der Waals surface area contributed by atoms with Crippen LogP contribution in [0.3, 0.4) is 0 Å². The van der Waals surface area contributed by atoms with Gasteiger partial charge in [-0.25, -0.2) is 15.0 Å². The number of hydrogen-bond acceptors (Lipinski definition) is 5. The Kier molecular flexibility index (Phi) is 9.12. The summed E-state index contributed by atoms with van der Waals surface area (Å²) in [5.74, 6) is 4.24. The number of nitriles is 1. The molecule has 0 aliphatic heterocycles. The number of rotatable bonds is 7. The molecular formula is C50H43N5. The third kappa shape index (κ3) is 7.09. The van der Waals surface area contributed by atoms with Gasteiger partial charge >= 0.3 is 0 Å². The zero-order valence-electron chi connectivity index (χ0n) is 31.4. The summed E-state index contributed by atoms with van der Waals surface area (Å²) in [4.78, 5) is 19.9. The molecule has 2 aromatic heterocycles. The van der Waals surface area contributed by atoms with Gasteiger partial charge in [0.25, 0.3) is 0 Å². The Hall–Kier alpha value is -6.25. The van der Waals surface area contributed by atoms with E-state index in [2.05, 4.69) is 68.4 Å². The molecule has 5 aromatic carbocycles. The van der Waals surface area contributed by atoms with Gasteiger partial charge in [0.1, 0.15) is 0 Å². The van der Waals surface area contributed by atoms with Gasteiger partial charge in [-0.1, -0.05) is 111 Å². The summed E-state index contributed by atoms with van der Waals surface area (Å²) < 4.78 is 0. The van der Waals surface area contributed by atoms with E-state index in [1.54, 1.807) is 0 Å². The van der Waals surface area contributed by atoms with Crippen LogP contribution in [0.25, 0.3) is 67.5 Å². The van der Waals surface area contributed by atoms with Gasteiger partial charge in [-0.3, -0.25) is 4.98 Å². The average Bonchev–Trinajstić information content (AvgIpc) is 3.23.